The second-order valence-electron chi connectivity index (χ2n) is 6.75. The Hall–Kier alpha value is -3.12. The summed E-state index contributed by atoms with van der Waals surface area (Å²) in [7, 11) is -4.10. The Bertz CT molecular complexity index is 1120. The van der Waals surface area contributed by atoms with Crippen LogP contribution in [0, 0.1) is 20.8 Å². The van der Waals surface area contributed by atoms with E-state index in [2.05, 4.69) is 0 Å². The number of anilines is 1. The molecule has 3 aromatic rings. The van der Waals surface area contributed by atoms with Gasteiger partial charge in [-0.2, -0.15) is 4.31 Å². The van der Waals surface area contributed by atoms with Gasteiger partial charge in [0.1, 0.15) is 5.75 Å². The van der Waals surface area contributed by atoms with Crippen LogP contribution in [0.1, 0.15) is 16.7 Å². The fourth-order valence-corrected chi connectivity index (χ4v) is 4.46. The van der Waals surface area contributed by atoms with Crippen molar-refractivity contribution in [3.63, 3.8) is 0 Å². The molecule has 0 atom stereocenters. The number of carbonyl (C=O) groups excluding carboxylic acids is 1. The molecule has 0 aliphatic rings. The molecule has 5 nitrogen and oxygen atoms in total. The standard InChI is InChI=1S/C23H23NO4S/c1-17-11-9-14-21(19(17)3)24(29(26,27)20-12-5-4-6-13-20)23(25)16-28-22-15-8-7-10-18(22)2/h4-15H,16H2,1-3H3. The first-order valence-electron chi connectivity index (χ1n) is 9.20. The zero-order chi connectivity index (χ0) is 21.0. The lowest BCUT2D eigenvalue weighted by Crippen LogP contribution is -2.40. The van der Waals surface area contributed by atoms with E-state index < -0.39 is 22.5 Å². The van der Waals surface area contributed by atoms with Gasteiger partial charge in [-0.05, 0) is 61.7 Å². The van der Waals surface area contributed by atoms with Crippen molar-refractivity contribution < 1.29 is 17.9 Å². The summed E-state index contributed by atoms with van der Waals surface area (Å²) in [6, 6.07) is 20.5. The van der Waals surface area contributed by atoms with Gasteiger partial charge in [0.15, 0.2) is 6.61 Å². The lowest BCUT2D eigenvalue weighted by Gasteiger charge is -2.25. The van der Waals surface area contributed by atoms with E-state index >= 15 is 0 Å². The van der Waals surface area contributed by atoms with Crippen molar-refractivity contribution in [1.29, 1.82) is 0 Å². The van der Waals surface area contributed by atoms with Crippen molar-refractivity contribution in [3.05, 3.63) is 89.5 Å². The highest BCUT2D eigenvalue weighted by Crippen LogP contribution is 2.29. The van der Waals surface area contributed by atoms with Gasteiger partial charge in [0.2, 0.25) is 0 Å². The van der Waals surface area contributed by atoms with E-state index in [1.165, 1.54) is 12.1 Å². The number of benzene rings is 3. The van der Waals surface area contributed by atoms with Crippen molar-refractivity contribution >= 4 is 21.6 Å². The van der Waals surface area contributed by atoms with Crippen molar-refractivity contribution in [2.24, 2.45) is 0 Å². The molecule has 0 radical (unpaired) electrons. The van der Waals surface area contributed by atoms with E-state index in [1.54, 1.807) is 49.4 Å². The summed E-state index contributed by atoms with van der Waals surface area (Å²) in [6.45, 7) is 5.14. The van der Waals surface area contributed by atoms with Crippen molar-refractivity contribution in [3.8, 4) is 5.75 Å². The number of amides is 1. The zero-order valence-electron chi connectivity index (χ0n) is 16.6. The predicted octanol–water partition coefficient (Wildman–Crippen LogP) is 4.41. The molecule has 29 heavy (non-hydrogen) atoms. The number of carbonyl (C=O) groups is 1. The van der Waals surface area contributed by atoms with Crippen LogP contribution in [0.2, 0.25) is 0 Å². The van der Waals surface area contributed by atoms with E-state index in [0.29, 0.717) is 11.4 Å². The fraction of sp³-hybridized carbons (Fsp3) is 0.174. The van der Waals surface area contributed by atoms with Crippen LogP contribution in [-0.2, 0) is 14.8 Å². The monoisotopic (exact) mass is 409 g/mol. The Balaban J connectivity index is 2.02. The van der Waals surface area contributed by atoms with Crippen LogP contribution in [0.4, 0.5) is 5.69 Å². The number of hydrogen-bond donors (Lipinski definition) is 0. The molecule has 0 heterocycles. The van der Waals surface area contributed by atoms with Gasteiger partial charge in [-0.1, -0.05) is 48.5 Å². The SMILES string of the molecule is Cc1ccccc1OCC(=O)N(c1cccc(C)c1C)S(=O)(=O)c1ccccc1. The molecule has 0 fully saturated rings. The van der Waals surface area contributed by atoms with Crippen LogP contribution in [0.15, 0.2) is 77.7 Å². The van der Waals surface area contributed by atoms with Crippen LogP contribution < -0.4 is 9.04 Å². The zero-order valence-corrected chi connectivity index (χ0v) is 17.4. The summed E-state index contributed by atoms with van der Waals surface area (Å²) in [5.74, 6) is -0.121. The molecule has 0 unspecified atom stereocenters. The molecule has 0 saturated heterocycles. The Morgan fingerprint density at radius 3 is 2.14 bits per heavy atom. The first kappa shape index (κ1) is 20.6. The molecule has 0 aliphatic carbocycles. The minimum atomic E-state index is -4.10. The van der Waals surface area contributed by atoms with Gasteiger partial charge >= 0.3 is 0 Å². The summed E-state index contributed by atoms with van der Waals surface area (Å²) >= 11 is 0. The molecule has 0 aliphatic heterocycles. The smallest absolute Gasteiger partial charge is 0.278 e. The van der Waals surface area contributed by atoms with E-state index in [-0.39, 0.29) is 4.90 Å². The molecule has 6 heteroatoms. The number of rotatable bonds is 6. The third-order valence-electron chi connectivity index (χ3n) is 4.75. The van der Waals surface area contributed by atoms with E-state index in [9.17, 15) is 13.2 Å². The molecule has 0 N–H and O–H groups in total. The van der Waals surface area contributed by atoms with Crippen LogP contribution >= 0.6 is 0 Å². The summed E-state index contributed by atoms with van der Waals surface area (Å²) in [4.78, 5) is 13.2. The van der Waals surface area contributed by atoms with Gasteiger partial charge in [-0.25, -0.2) is 8.42 Å². The largest absolute Gasteiger partial charge is 0.483 e. The fourth-order valence-electron chi connectivity index (χ4n) is 2.97. The molecule has 3 aromatic carbocycles. The van der Waals surface area contributed by atoms with Gasteiger partial charge in [-0.15, -0.1) is 0 Å². The van der Waals surface area contributed by atoms with E-state index in [0.717, 1.165) is 21.0 Å². The third kappa shape index (κ3) is 4.32. The topological polar surface area (TPSA) is 63.7 Å². The van der Waals surface area contributed by atoms with Gasteiger partial charge in [0, 0.05) is 0 Å². The number of para-hydroxylation sites is 1. The van der Waals surface area contributed by atoms with Gasteiger partial charge in [0.05, 0.1) is 10.6 Å². The van der Waals surface area contributed by atoms with Crippen LogP contribution in [0.25, 0.3) is 0 Å². The molecular formula is C23H23NO4S. The maximum absolute atomic E-state index is 13.4. The molecule has 150 valence electrons. The number of hydrogen-bond acceptors (Lipinski definition) is 4. The summed E-state index contributed by atoms with van der Waals surface area (Å²) in [5, 5.41) is 0. The van der Waals surface area contributed by atoms with Crippen LogP contribution in [0.3, 0.4) is 0 Å². The maximum Gasteiger partial charge on any atom is 0.278 e. The Morgan fingerprint density at radius 1 is 0.828 bits per heavy atom. The molecule has 0 spiro atoms. The van der Waals surface area contributed by atoms with Crippen molar-refractivity contribution in [2.45, 2.75) is 25.7 Å². The van der Waals surface area contributed by atoms with Crippen LogP contribution in [-0.4, -0.2) is 20.9 Å². The number of sulfonamides is 1. The highest BCUT2D eigenvalue weighted by molar-refractivity contribution is 7.93. The quantitative estimate of drug-likeness (QED) is 0.605. The maximum atomic E-state index is 13.4. The number of nitrogens with zero attached hydrogens (tertiary/aromatic N) is 1. The van der Waals surface area contributed by atoms with Gasteiger partial charge in [0.25, 0.3) is 15.9 Å². The third-order valence-corrected chi connectivity index (χ3v) is 6.50. The lowest BCUT2D eigenvalue weighted by atomic mass is 10.1. The molecule has 1 amide bonds. The highest BCUT2D eigenvalue weighted by atomic mass is 32.2. The second-order valence-corrected chi connectivity index (χ2v) is 8.54. The predicted molar refractivity (Wildman–Crippen MR) is 114 cm³/mol. The number of aryl methyl sites for hydroxylation is 2. The molecule has 3 rings (SSSR count). The first-order valence-corrected chi connectivity index (χ1v) is 10.6. The lowest BCUT2D eigenvalue weighted by molar-refractivity contribution is -0.119. The first-order chi connectivity index (χ1) is 13.8. The minimum absolute atomic E-state index is 0.0464. The highest BCUT2D eigenvalue weighted by Gasteiger charge is 2.32. The average Bonchev–Trinajstić information content (AvgIpc) is 2.71. The molecule has 0 bridgehead atoms. The minimum Gasteiger partial charge on any atom is -0.483 e. The molecular weight excluding hydrogens is 386 g/mol. The van der Waals surface area contributed by atoms with E-state index in [1.807, 2.05) is 32.0 Å². The second kappa shape index (κ2) is 8.49. The number of ether oxygens (including phenoxy) is 1. The van der Waals surface area contributed by atoms with Crippen molar-refractivity contribution in [1.82, 2.24) is 0 Å². The Kier molecular flexibility index (Phi) is 6.03. The van der Waals surface area contributed by atoms with Gasteiger partial charge in [-0.3, -0.25) is 4.79 Å². The van der Waals surface area contributed by atoms with E-state index in [4.69, 9.17) is 4.74 Å². The summed E-state index contributed by atoms with van der Waals surface area (Å²) < 4.78 is 33.2. The average molecular weight is 410 g/mol. The molecule has 0 saturated carbocycles. The Morgan fingerprint density at radius 2 is 1.45 bits per heavy atom. The Labute approximate surface area is 171 Å². The summed E-state index contributed by atoms with van der Waals surface area (Å²) in [6.07, 6.45) is 0. The van der Waals surface area contributed by atoms with Crippen molar-refractivity contribution in [2.75, 3.05) is 10.9 Å². The molecule has 0 aromatic heterocycles. The summed E-state index contributed by atoms with van der Waals surface area (Å²) in [5.41, 5.74) is 2.80. The van der Waals surface area contributed by atoms with Gasteiger partial charge < -0.3 is 4.74 Å². The van der Waals surface area contributed by atoms with Crippen LogP contribution in [0.5, 0.6) is 5.75 Å². The normalized spacial score (nSPS) is 11.1.